The number of nitrogens with two attached hydrogens (primary N) is 1. The maximum Gasteiger partial charge on any atom is 0.276 e. The third-order valence-electron chi connectivity index (χ3n) is 2.13. The average molecular weight is 329 g/mol. The molecule has 0 aliphatic heterocycles. The van der Waals surface area contributed by atoms with E-state index in [2.05, 4.69) is 31.2 Å². The van der Waals surface area contributed by atoms with Crippen LogP contribution < -0.4 is 11.1 Å². The van der Waals surface area contributed by atoms with Gasteiger partial charge in [-0.25, -0.2) is 13.8 Å². The lowest BCUT2D eigenvalue weighted by molar-refractivity contribution is 0.102. The molecule has 3 N–H and O–H groups in total. The maximum absolute atomic E-state index is 13.5. The van der Waals surface area contributed by atoms with E-state index in [4.69, 9.17) is 5.73 Å². The van der Waals surface area contributed by atoms with Crippen LogP contribution in [0.4, 0.5) is 20.3 Å². The molecule has 0 saturated heterocycles. The number of carbonyl (C=O) groups is 1. The van der Waals surface area contributed by atoms with Crippen molar-refractivity contribution in [2.75, 3.05) is 11.1 Å². The lowest BCUT2D eigenvalue weighted by Gasteiger charge is -2.08. The van der Waals surface area contributed by atoms with E-state index in [0.29, 0.717) is 6.07 Å². The van der Waals surface area contributed by atoms with Crippen molar-refractivity contribution in [2.45, 2.75) is 0 Å². The third kappa shape index (κ3) is 3.02. The largest absolute Gasteiger partial charge is 0.382 e. The molecule has 0 fully saturated rings. The van der Waals surface area contributed by atoms with Crippen LogP contribution in [0, 0.1) is 11.6 Å². The molecule has 2 rings (SSSR count). The fraction of sp³-hybridized carbons (Fsp3) is 0. The number of benzene rings is 1. The van der Waals surface area contributed by atoms with Gasteiger partial charge in [0.2, 0.25) is 0 Å². The normalized spacial score (nSPS) is 10.3. The molecule has 0 saturated carbocycles. The second-order valence-electron chi connectivity index (χ2n) is 3.53. The van der Waals surface area contributed by atoms with E-state index in [1.165, 1.54) is 12.4 Å². The van der Waals surface area contributed by atoms with Crippen LogP contribution in [0.1, 0.15) is 10.5 Å². The number of amides is 1. The Morgan fingerprint density at radius 1 is 1.32 bits per heavy atom. The standard InChI is InChI=1S/C11H7BrF2N4O/c12-6-1-5(13)2-7(14)10(6)18-11(19)8-3-16-4-9(15)17-8/h1-4H,(H2,15,17)(H,18,19). The van der Waals surface area contributed by atoms with E-state index in [-0.39, 0.29) is 21.7 Å². The lowest BCUT2D eigenvalue weighted by atomic mass is 10.3. The van der Waals surface area contributed by atoms with Gasteiger partial charge in [0.25, 0.3) is 5.91 Å². The van der Waals surface area contributed by atoms with Gasteiger partial charge < -0.3 is 11.1 Å². The first-order valence-electron chi connectivity index (χ1n) is 5.01. The molecule has 1 aromatic carbocycles. The smallest absolute Gasteiger partial charge is 0.276 e. The maximum atomic E-state index is 13.5. The molecule has 0 unspecified atom stereocenters. The SMILES string of the molecule is Nc1cncc(C(=O)Nc2c(F)cc(F)cc2Br)n1. The number of rotatable bonds is 2. The highest BCUT2D eigenvalue weighted by Crippen LogP contribution is 2.27. The first kappa shape index (κ1) is 13.3. The Labute approximate surface area is 115 Å². The van der Waals surface area contributed by atoms with Gasteiger partial charge in [0.15, 0.2) is 5.82 Å². The number of carbonyl (C=O) groups excluding carboxylic acids is 1. The van der Waals surface area contributed by atoms with Crippen molar-refractivity contribution < 1.29 is 13.6 Å². The van der Waals surface area contributed by atoms with Crippen molar-refractivity contribution >= 4 is 33.3 Å². The zero-order chi connectivity index (χ0) is 14.0. The van der Waals surface area contributed by atoms with Crippen LogP contribution in [-0.4, -0.2) is 15.9 Å². The van der Waals surface area contributed by atoms with E-state index < -0.39 is 17.5 Å². The number of nitrogens with zero attached hydrogens (tertiary/aromatic N) is 2. The van der Waals surface area contributed by atoms with Gasteiger partial charge in [-0.15, -0.1) is 0 Å². The van der Waals surface area contributed by atoms with E-state index in [0.717, 1.165) is 6.07 Å². The van der Waals surface area contributed by atoms with Gasteiger partial charge in [-0.05, 0) is 22.0 Å². The zero-order valence-electron chi connectivity index (χ0n) is 9.32. The second-order valence-corrected chi connectivity index (χ2v) is 4.38. The van der Waals surface area contributed by atoms with Crippen LogP contribution in [0.25, 0.3) is 0 Å². The molecule has 0 bridgehead atoms. The van der Waals surface area contributed by atoms with Crippen molar-refractivity contribution in [1.82, 2.24) is 9.97 Å². The summed E-state index contributed by atoms with van der Waals surface area (Å²) in [5.41, 5.74) is 5.12. The number of nitrogen functional groups attached to an aromatic ring is 1. The molecular weight excluding hydrogens is 322 g/mol. The lowest BCUT2D eigenvalue weighted by Crippen LogP contribution is -2.16. The molecule has 0 aliphatic carbocycles. The third-order valence-corrected chi connectivity index (χ3v) is 2.76. The highest BCUT2D eigenvalue weighted by atomic mass is 79.9. The van der Waals surface area contributed by atoms with E-state index in [1.54, 1.807) is 0 Å². The molecule has 5 nitrogen and oxygen atoms in total. The van der Waals surface area contributed by atoms with Crippen LogP contribution in [0.3, 0.4) is 0 Å². The first-order valence-corrected chi connectivity index (χ1v) is 5.80. The summed E-state index contributed by atoms with van der Waals surface area (Å²) >= 11 is 2.96. The number of anilines is 2. The molecule has 19 heavy (non-hydrogen) atoms. The highest BCUT2D eigenvalue weighted by molar-refractivity contribution is 9.10. The summed E-state index contributed by atoms with van der Waals surface area (Å²) in [5, 5.41) is 2.26. The molecule has 0 atom stereocenters. The Bertz CT molecular complexity index is 627. The second kappa shape index (κ2) is 5.27. The highest BCUT2D eigenvalue weighted by Gasteiger charge is 2.15. The fourth-order valence-corrected chi connectivity index (χ4v) is 1.84. The van der Waals surface area contributed by atoms with Crippen molar-refractivity contribution in [3.8, 4) is 0 Å². The van der Waals surface area contributed by atoms with Crippen LogP contribution in [0.2, 0.25) is 0 Å². The molecule has 0 radical (unpaired) electrons. The Morgan fingerprint density at radius 3 is 2.68 bits per heavy atom. The fourth-order valence-electron chi connectivity index (χ4n) is 1.33. The molecule has 1 heterocycles. The van der Waals surface area contributed by atoms with Crippen LogP contribution >= 0.6 is 15.9 Å². The Kier molecular flexibility index (Phi) is 3.70. The predicted molar refractivity (Wildman–Crippen MR) is 68.5 cm³/mol. The number of nitrogens with one attached hydrogen (secondary N) is 1. The van der Waals surface area contributed by atoms with E-state index >= 15 is 0 Å². The molecule has 98 valence electrons. The van der Waals surface area contributed by atoms with Gasteiger partial charge in [-0.1, -0.05) is 0 Å². The summed E-state index contributed by atoms with van der Waals surface area (Å²) in [6.45, 7) is 0. The molecule has 1 aromatic heterocycles. The first-order chi connectivity index (χ1) is 8.97. The Hall–Kier alpha value is -2.09. The molecular formula is C11H7BrF2N4O. The minimum Gasteiger partial charge on any atom is -0.382 e. The topological polar surface area (TPSA) is 80.9 Å². The van der Waals surface area contributed by atoms with Gasteiger partial charge in [0.05, 0.1) is 18.1 Å². The Balaban J connectivity index is 2.29. The number of aromatic nitrogens is 2. The number of hydrogen-bond donors (Lipinski definition) is 2. The van der Waals surface area contributed by atoms with Gasteiger partial charge in [0.1, 0.15) is 17.3 Å². The summed E-state index contributed by atoms with van der Waals surface area (Å²) in [7, 11) is 0. The Morgan fingerprint density at radius 2 is 2.05 bits per heavy atom. The van der Waals surface area contributed by atoms with Crippen LogP contribution in [0.15, 0.2) is 29.0 Å². The number of halogens is 3. The molecule has 0 aliphatic rings. The van der Waals surface area contributed by atoms with E-state index in [1.807, 2.05) is 0 Å². The minimum atomic E-state index is -0.905. The molecule has 1 amide bonds. The van der Waals surface area contributed by atoms with Crippen LogP contribution in [-0.2, 0) is 0 Å². The van der Waals surface area contributed by atoms with E-state index in [9.17, 15) is 13.6 Å². The quantitative estimate of drug-likeness (QED) is 0.886. The summed E-state index contributed by atoms with van der Waals surface area (Å²) in [5.74, 6) is -2.31. The van der Waals surface area contributed by atoms with Gasteiger partial charge in [-0.3, -0.25) is 9.78 Å². The van der Waals surface area contributed by atoms with Crippen molar-refractivity contribution in [2.24, 2.45) is 0 Å². The molecule has 8 heteroatoms. The van der Waals surface area contributed by atoms with Crippen molar-refractivity contribution in [3.05, 3.63) is 46.3 Å². The predicted octanol–water partition coefficient (Wildman–Crippen LogP) is 2.35. The summed E-state index contributed by atoms with van der Waals surface area (Å²) in [6.07, 6.45) is 2.45. The van der Waals surface area contributed by atoms with Gasteiger partial charge >= 0.3 is 0 Å². The molecule has 0 spiro atoms. The van der Waals surface area contributed by atoms with Gasteiger partial charge in [-0.2, -0.15) is 0 Å². The summed E-state index contributed by atoms with van der Waals surface area (Å²) in [4.78, 5) is 19.2. The van der Waals surface area contributed by atoms with Crippen molar-refractivity contribution in [3.63, 3.8) is 0 Å². The minimum absolute atomic E-state index is 0.0614. The summed E-state index contributed by atoms with van der Waals surface area (Å²) < 4.78 is 26.5. The average Bonchev–Trinajstić information content (AvgIpc) is 2.33. The zero-order valence-corrected chi connectivity index (χ0v) is 10.9. The van der Waals surface area contributed by atoms with Gasteiger partial charge in [0, 0.05) is 10.5 Å². The van der Waals surface area contributed by atoms with Crippen molar-refractivity contribution in [1.29, 1.82) is 0 Å². The monoisotopic (exact) mass is 328 g/mol. The molecule has 2 aromatic rings. The summed E-state index contributed by atoms with van der Waals surface area (Å²) in [6, 6.07) is 1.69. The number of hydrogen-bond acceptors (Lipinski definition) is 4. The van der Waals surface area contributed by atoms with Crippen LogP contribution in [0.5, 0.6) is 0 Å².